The molecule has 0 spiro atoms. The summed E-state index contributed by atoms with van der Waals surface area (Å²) in [6.07, 6.45) is 1.45. The van der Waals surface area contributed by atoms with Crippen molar-refractivity contribution in [1.82, 2.24) is 4.98 Å². The average molecular weight is 328 g/mol. The minimum atomic E-state index is -3.35. The fraction of sp³-hybridized carbons (Fsp3) is 0.444. The number of pyridine rings is 1. The van der Waals surface area contributed by atoms with Crippen LogP contribution in [-0.2, 0) is 10.0 Å². The number of anilines is 1. The van der Waals surface area contributed by atoms with Gasteiger partial charge in [0.15, 0.2) is 0 Å². The first-order valence-corrected chi connectivity index (χ1v) is 7.59. The number of rotatable bonds is 5. The number of hydrogen-bond acceptors (Lipinski definition) is 3. The van der Waals surface area contributed by atoms with Crippen LogP contribution in [0, 0.1) is 5.92 Å². The van der Waals surface area contributed by atoms with E-state index >= 15 is 0 Å². The molecule has 1 unspecified atom stereocenters. The lowest BCUT2D eigenvalue weighted by Crippen LogP contribution is -2.22. The van der Waals surface area contributed by atoms with Gasteiger partial charge in [0.2, 0.25) is 10.0 Å². The van der Waals surface area contributed by atoms with Crippen molar-refractivity contribution in [2.24, 2.45) is 5.92 Å². The highest BCUT2D eigenvalue weighted by Gasteiger charge is 2.15. The lowest BCUT2D eigenvalue weighted by atomic mass is 10.3. The van der Waals surface area contributed by atoms with Crippen LogP contribution in [0.2, 0.25) is 0 Å². The fourth-order valence-electron chi connectivity index (χ4n) is 1.08. The zero-order valence-corrected chi connectivity index (χ0v) is 11.8. The number of sulfonamides is 1. The maximum Gasteiger partial charge on any atom is 0.233 e. The molecule has 1 aromatic heterocycles. The highest BCUT2D eigenvalue weighted by atomic mass is 79.9. The molecular weight excluding hydrogens is 316 g/mol. The van der Waals surface area contributed by atoms with Gasteiger partial charge in [-0.25, -0.2) is 13.4 Å². The van der Waals surface area contributed by atoms with E-state index in [1.165, 1.54) is 6.20 Å². The van der Waals surface area contributed by atoms with E-state index in [4.69, 9.17) is 11.6 Å². The summed E-state index contributed by atoms with van der Waals surface area (Å²) in [6.45, 7) is 1.78. The van der Waals surface area contributed by atoms with E-state index in [0.29, 0.717) is 16.2 Å². The Labute approximate surface area is 109 Å². The summed E-state index contributed by atoms with van der Waals surface area (Å²) in [5, 5.41) is 0. The average Bonchev–Trinajstić information content (AvgIpc) is 2.20. The van der Waals surface area contributed by atoms with Gasteiger partial charge in [0, 0.05) is 5.88 Å². The predicted octanol–water partition coefficient (Wildman–Crippen LogP) is 2.46. The minimum Gasteiger partial charge on any atom is -0.282 e. The minimum absolute atomic E-state index is 0.00651. The quantitative estimate of drug-likeness (QED) is 0.667. The molecule has 0 aromatic carbocycles. The van der Waals surface area contributed by atoms with Gasteiger partial charge in [-0.2, -0.15) is 0 Å². The Bertz CT molecular complexity index is 435. The van der Waals surface area contributed by atoms with Crippen LogP contribution in [0.5, 0.6) is 0 Å². The normalized spacial score (nSPS) is 13.4. The number of halogens is 2. The topological polar surface area (TPSA) is 59.1 Å². The Hall–Kier alpha value is -0.330. The maximum absolute atomic E-state index is 11.6. The van der Waals surface area contributed by atoms with Crippen LogP contribution >= 0.6 is 27.5 Å². The van der Waals surface area contributed by atoms with Gasteiger partial charge >= 0.3 is 0 Å². The van der Waals surface area contributed by atoms with Crippen molar-refractivity contribution in [3.63, 3.8) is 0 Å². The summed E-state index contributed by atoms with van der Waals surface area (Å²) < 4.78 is 26.4. The Morgan fingerprint density at radius 1 is 1.56 bits per heavy atom. The molecule has 1 heterocycles. The van der Waals surface area contributed by atoms with Gasteiger partial charge < -0.3 is 0 Å². The Morgan fingerprint density at radius 3 is 2.75 bits per heavy atom. The summed E-state index contributed by atoms with van der Waals surface area (Å²) >= 11 is 8.74. The van der Waals surface area contributed by atoms with Crippen LogP contribution in [0.1, 0.15) is 6.92 Å². The molecule has 90 valence electrons. The molecule has 0 aliphatic heterocycles. The first-order chi connectivity index (χ1) is 7.43. The standard InChI is InChI=1S/C9H12BrClN2O2S/c1-7(4-11)6-16(14,15)13-8-2-3-9(10)12-5-8/h2-3,5,7,13H,4,6H2,1H3. The first-order valence-electron chi connectivity index (χ1n) is 4.61. The van der Waals surface area contributed by atoms with Crippen molar-refractivity contribution in [3.8, 4) is 0 Å². The fourth-order valence-corrected chi connectivity index (χ4v) is 2.98. The van der Waals surface area contributed by atoms with Gasteiger partial charge in [-0.1, -0.05) is 6.92 Å². The lowest BCUT2D eigenvalue weighted by Gasteiger charge is -2.10. The number of nitrogens with zero attached hydrogens (tertiary/aromatic N) is 1. The number of nitrogens with one attached hydrogen (secondary N) is 1. The number of hydrogen-bond donors (Lipinski definition) is 1. The van der Waals surface area contributed by atoms with Crippen molar-refractivity contribution in [2.75, 3.05) is 16.4 Å². The van der Waals surface area contributed by atoms with E-state index in [1.54, 1.807) is 19.1 Å². The second-order valence-electron chi connectivity index (χ2n) is 3.51. The third-order valence-electron chi connectivity index (χ3n) is 1.77. The summed E-state index contributed by atoms with van der Waals surface area (Å²) in [4.78, 5) is 3.93. The van der Waals surface area contributed by atoms with E-state index in [9.17, 15) is 8.42 Å². The SMILES string of the molecule is CC(CCl)CS(=O)(=O)Nc1ccc(Br)nc1. The van der Waals surface area contributed by atoms with Gasteiger partial charge in [-0.05, 0) is 34.0 Å². The largest absolute Gasteiger partial charge is 0.282 e. The third kappa shape index (κ3) is 4.67. The Kier molecular flexibility index (Phi) is 5.01. The van der Waals surface area contributed by atoms with E-state index < -0.39 is 10.0 Å². The van der Waals surface area contributed by atoms with Crippen LogP contribution in [0.4, 0.5) is 5.69 Å². The number of aromatic nitrogens is 1. The van der Waals surface area contributed by atoms with Crippen LogP contribution < -0.4 is 4.72 Å². The second kappa shape index (κ2) is 5.84. The molecule has 0 aliphatic carbocycles. The lowest BCUT2D eigenvalue weighted by molar-refractivity contribution is 0.588. The molecule has 0 saturated heterocycles. The summed E-state index contributed by atoms with van der Waals surface area (Å²) in [5.74, 6) is 0.245. The molecule has 16 heavy (non-hydrogen) atoms. The van der Waals surface area contributed by atoms with Gasteiger partial charge in [0.05, 0.1) is 17.6 Å². The van der Waals surface area contributed by atoms with Crippen molar-refractivity contribution in [3.05, 3.63) is 22.9 Å². The van der Waals surface area contributed by atoms with Gasteiger partial charge in [-0.3, -0.25) is 4.72 Å². The summed E-state index contributed by atoms with van der Waals surface area (Å²) in [7, 11) is -3.35. The molecule has 1 N–H and O–H groups in total. The van der Waals surface area contributed by atoms with E-state index in [0.717, 1.165) is 0 Å². The van der Waals surface area contributed by atoms with Crippen LogP contribution in [0.15, 0.2) is 22.9 Å². The Balaban J connectivity index is 2.69. The van der Waals surface area contributed by atoms with Crippen LogP contribution in [0.25, 0.3) is 0 Å². The zero-order chi connectivity index (χ0) is 12.2. The molecule has 0 saturated carbocycles. The zero-order valence-electron chi connectivity index (χ0n) is 8.65. The molecule has 0 aliphatic rings. The molecule has 1 aromatic rings. The molecule has 0 radical (unpaired) electrons. The predicted molar refractivity (Wildman–Crippen MR) is 69.2 cm³/mol. The Morgan fingerprint density at radius 2 is 2.25 bits per heavy atom. The molecule has 1 rings (SSSR count). The van der Waals surface area contributed by atoms with Crippen molar-refractivity contribution >= 4 is 43.2 Å². The molecule has 1 atom stereocenters. The molecule has 0 amide bonds. The smallest absolute Gasteiger partial charge is 0.233 e. The first kappa shape index (κ1) is 13.7. The molecule has 0 fully saturated rings. The van der Waals surface area contributed by atoms with Crippen molar-refractivity contribution in [2.45, 2.75) is 6.92 Å². The monoisotopic (exact) mass is 326 g/mol. The second-order valence-corrected chi connectivity index (χ2v) is 6.40. The summed E-state index contributed by atoms with van der Waals surface area (Å²) in [5.41, 5.74) is 0.449. The molecule has 7 heteroatoms. The van der Waals surface area contributed by atoms with E-state index in [-0.39, 0.29) is 11.7 Å². The highest BCUT2D eigenvalue weighted by Crippen LogP contribution is 2.13. The van der Waals surface area contributed by atoms with Gasteiger partial charge in [0.25, 0.3) is 0 Å². The maximum atomic E-state index is 11.6. The highest BCUT2D eigenvalue weighted by molar-refractivity contribution is 9.10. The molecular formula is C9H12BrClN2O2S. The van der Waals surface area contributed by atoms with E-state index in [2.05, 4.69) is 25.6 Å². The van der Waals surface area contributed by atoms with Gasteiger partial charge in [-0.15, -0.1) is 11.6 Å². The van der Waals surface area contributed by atoms with Crippen molar-refractivity contribution < 1.29 is 8.42 Å². The number of alkyl halides is 1. The van der Waals surface area contributed by atoms with Gasteiger partial charge in [0.1, 0.15) is 4.60 Å². The van der Waals surface area contributed by atoms with Crippen molar-refractivity contribution in [1.29, 1.82) is 0 Å². The third-order valence-corrected chi connectivity index (χ3v) is 4.32. The van der Waals surface area contributed by atoms with Crippen LogP contribution in [-0.4, -0.2) is 25.0 Å². The molecule has 0 bridgehead atoms. The van der Waals surface area contributed by atoms with E-state index in [1.807, 2.05) is 0 Å². The molecule has 4 nitrogen and oxygen atoms in total. The van der Waals surface area contributed by atoms with Crippen LogP contribution in [0.3, 0.4) is 0 Å². The summed E-state index contributed by atoms with van der Waals surface area (Å²) in [6, 6.07) is 3.31.